The quantitative estimate of drug-likeness (QED) is 0.386. The summed E-state index contributed by atoms with van der Waals surface area (Å²) in [6, 6.07) is 14.5. The van der Waals surface area contributed by atoms with E-state index in [0.29, 0.717) is 38.7 Å². The number of aliphatic hydroxyl groups is 1. The van der Waals surface area contributed by atoms with Gasteiger partial charge in [-0.25, -0.2) is 8.78 Å². The smallest absolute Gasteiger partial charge is 0.254 e. The molecular weight excluding hydrogens is 486 g/mol. The van der Waals surface area contributed by atoms with Gasteiger partial charge in [-0.3, -0.25) is 9.48 Å². The second-order valence-electron chi connectivity index (χ2n) is 11.2. The fourth-order valence-electron chi connectivity index (χ4n) is 6.11. The van der Waals surface area contributed by atoms with Crippen LogP contribution in [-0.2, 0) is 6.54 Å². The molecule has 0 spiro atoms. The van der Waals surface area contributed by atoms with Gasteiger partial charge in [0.25, 0.3) is 5.91 Å². The molecule has 6 rings (SSSR count). The maximum atomic E-state index is 15.7. The summed E-state index contributed by atoms with van der Waals surface area (Å²) in [6.45, 7) is 3.55. The molecule has 2 fully saturated rings. The lowest BCUT2D eigenvalue weighted by molar-refractivity contribution is 0.0591. The maximum Gasteiger partial charge on any atom is 0.254 e. The van der Waals surface area contributed by atoms with Crippen LogP contribution in [0.2, 0.25) is 0 Å². The largest absolute Gasteiger partial charge is 0.389 e. The highest BCUT2D eigenvalue weighted by atomic mass is 19.1. The van der Waals surface area contributed by atoms with Crippen molar-refractivity contribution in [3.8, 4) is 22.3 Å². The van der Waals surface area contributed by atoms with Gasteiger partial charge in [-0.05, 0) is 80.1 Å². The topological polar surface area (TPSA) is 84.4 Å². The van der Waals surface area contributed by atoms with E-state index in [9.17, 15) is 14.3 Å². The third-order valence-corrected chi connectivity index (χ3v) is 7.78. The van der Waals surface area contributed by atoms with Gasteiger partial charge in [0.2, 0.25) is 0 Å². The molecule has 3 N–H and O–H groups in total. The molecule has 0 radical (unpaired) electrons. The summed E-state index contributed by atoms with van der Waals surface area (Å²) < 4.78 is 31.5. The number of amides is 1. The van der Waals surface area contributed by atoms with Crippen LogP contribution in [0.15, 0.2) is 60.8 Å². The lowest BCUT2D eigenvalue weighted by Crippen LogP contribution is -2.40. The molecule has 1 aromatic heterocycles. The van der Waals surface area contributed by atoms with E-state index in [0.717, 1.165) is 19.3 Å². The number of hydrogen-bond acceptors (Lipinski definition) is 4. The van der Waals surface area contributed by atoms with Gasteiger partial charge in [0.05, 0.1) is 23.9 Å². The predicted molar refractivity (Wildman–Crippen MR) is 142 cm³/mol. The second kappa shape index (κ2) is 8.99. The molecule has 2 aliphatic rings. The van der Waals surface area contributed by atoms with Crippen LogP contribution in [0.25, 0.3) is 33.2 Å². The van der Waals surface area contributed by atoms with E-state index < -0.39 is 17.2 Å². The molecule has 0 aliphatic carbocycles. The minimum absolute atomic E-state index is 0.0159. The molecule has 3 heterocycles. The van der Waals surface area contributed by atoms with Crippen LogP contribution in [0, 0.1) is 11.6 Å². The minimum atomic E-state index is -1.01. The Balaban J connectivity index is 1.46. The molecular formula is C30H30F2N4O2. The lowest BCUT2D eigenvalue weighted by Gasteiger charge is -2.24. The number of carbonyl (C=O) groups is 1. The van der Waals surface area contributed by atoms with Crippen molar-refractivity contribution in [2.45, 2.75) is 63.4 Å². The summed E-state index contributed by atoms with van der Waals surface area (Å²) >= 11 is 0. The predicted octanol–water partition coefficient (Wildman–Crippen LogP) is 5.12. The van der Waals surface area contributed by atoms with E-state index in [1.807, 2.05) is 4.90 Å². The van der Waals surface area contributed by atoms with Gasteiger partial charge in [0.1, 0.15) is 11.6 Å². The van der Waals surface area contributed by atoms with Crippen molar-refractivity contribution in [3.05, 3.63) is 78.0 Å². The van der Waals surface area contributed by atoms with Crippen molar-refractivity contribution in [1.29, 1.82) is 0 Å². The Bertz CT molecular complexity index is 1560. The molecule has 2 bridgehead atoms. The van der Waals surface area contributed by atoms with Gasteiger partial charge < -0.3 is 15.7 Å². The van der Waals surface area contributed by atoms with Crippen LogP contribution in [0.5, 0.6) is 0 Å². The van der Waals surface area contributed by atoms with E-state index >= 15 is 4.39 Å². The summed E-state index contributed by atoms with van der Waals surface area (Å²) in [6.07, 6.45) is 4.29. The highest BCUT2D eigenvalue weighted by molar-refractivity contribution is 5.99. The number of carbonyl (C=O) groups excluding carboxylic acids is 1. The second-order valence-corrected chi connectivity index (χ2v) is 11.2. The zero-order chi connectivity index (χ0) is 26.8. The van der Waals surface area contributed by atoms with Crippen molar-refractivity contribution in [2.24, 2.45) is 5.73 Å². The van der Waals surface area contributed by atoms with E-state index in [4.69, 9.17) is 5.73 Å². The molecule has 0 saturated carbocycles. The van der Waals surface area contributed by atoms with E-state index in [1.165, 1.54) is 18.2 Å². The zero-order valence-corrected chi connectivity index (χ0v) is 21.4. The van der Waals surface area contributed by atoms with Crippen LogP contribution >= 0.6 is 0 Å². The van der Waals surface area contributed by atoms with Crippen molar-refractivity contribution in [2.75, 3.05) is 0 Å². The number of aromatic nitrogens is 2. The van der Waals surface area contributed by atoms with Gasteiger partial charge in [-0.2, -0.15) is 5.10 Å². The number of nitrogens with zero attached hydrogens (tertiary/aromatic N) is 3. The zero-order valence-electron chi connectivity index (χ0n) is 21.4. The summed E-state index contributed by atoms with van der Waals surface area (Å²) in [4.78, 5) is 15.5. The number of rotatable bonds is 5. The van der Waals surface area contributed by atoms with Crippen molar-refractivity contribution >= 4 is 16.8 Å². The average Bonchev–Trinajstić information content (AvgIpc) is 3.54. The van der Waals surface area contributed by atoms with Gasteiger partial charge in [0.15, 0.2) is 0 Å². The van der Waals surface area contributed by atoms with Crippen molar-refractivity contribution < 1.29 is 18.7 Å². The molecule has 1 amide bonds. The molecule has 196 valence electrons. The molecule has 0 unspecified atom stereocenters. The molecule has 4 aromatic rings. The Hall–Kier alpha value is -3.62. The average molecular weight is 517 g/mol. The molecule has 2 saturated heterocycles. The van der Waals surface area contributed by atoms with E-state index in [1.54, 1.807) is 61.1 Å². The van der Waals surface area contributed by atoms with Crippen molar-refractivity contribution in [1.82, 2.24) is 14.7 Å². The van der Waals surface area contributed by atoms with Gasteiger partial charge >= 0.3 is 0 Å². The number of benzene rings is 3. The van der Waals surface area contributed by atoms with Crippen LogP contribution in [0.3, 0.4) is 0 Å². The lowest BCUT2D eigenvalue weighted by atomic mass is 9.91. The highest BCUT2D eigenvalue weighted by Gasteiger charge is 2.47. The summed E-state index contributed by atoms with van der Waals surface area (Å²) in [5.41, 5.74) is 8.26. The Morgan fingerprint density at radius 3 is 2.58 bits per heavy atom. The number of hydrogen-bond donors (Lipinski definition) is 2. The Kier molecular flexibility index (Phi) is 5.85. The van der Waals surface area contributed by atoms with E-state index in [2.05, 4.69) is 5.10 Å². The molecule has 3 atom stereocenters. The number of nitrogens with two attached hydrogens (primary N) is 1. The summed E-state index contributed by atoms with van der Waals surface area (Å²) in [7, 11) is 0. The third-order valence-electron chi connectivity index (χ3n) is 7.78. The maximum absolute atomic E-state index is 15.7. The fraction of sp³-hybridized carbons (Fsp3) is 0.333. The number of halogens is 2. The van der Waals surface area contributed by atoms with E-state index in [-0.39, 0.29) is 30.6 Å². The molecule has 3 aromatic carbocycles. The van der Waals surface area contributed by atoms with Crippen molar-refractivity contribution in [3.63, 3.8) is 0 Å². The minimum Gasteiger partial charge on any atom is -0.389 e. The standard InChI is InChI=1S/C30H30F2N4O2/c1-30(2,38)16-35-28-14-25(32)24(12-19(28)15-34-35)22-8-6-18(11-23(22)17-4-3-5-20(31)10-17)29(37)36-21-7-9-27(36)26(33)13-21/h3-6,8,10-12,14-15,21,26-27,38H,7,9,13,16,33H2,1-2H3/t21-,26+,27+/m1/s1. The Labute approximate surface area is 219 Å². The van der Waals surface area contributed by atoms with Crippen LogP contribution in [0.4, 0.5) is 8.78 Å². The first kappa shape index (κ1) is 24.7. The van der Waals surface area contributed by atoms with Gasteiger partial charge in [-0.15, -0.1) is 0 Å². The first-order valence-corrected chi connectivity index (χ1v) is 12.9. The van der Waals surface area contributed by atoms with Gasteiger partial charge in [-0.1, -0.05) is 18.2 Å². The summed E-state index contributed by atoms with van der Waals surface area (Å²) in [5.74, 6) is -0.994. The van der Waals surface area contributed by atoms with Crippen LogP contribution in [0.1, 0.15) is 43.5 Å². The first-order valence-electron chi connectivity index (χ1n) is 12.9. The highest BCUT2D eigenvalue weighted by Crippen LogP contribution is 2.40. The van der Waals surface area contributed by atoms with Crippen LogP contribution < -0.4 is 5.73 Å². The Morgan fingerprint density at radius 1 is 1.08 bits per heavy atom. The fourth-order valence-corrected chi connectivity index (χ4v) is 6.11. The third kappa shape index (κ3) is 4.27. The molecule has 8 heteroatoms. The molecule has 6 nitrogen and oxygen atoms in total. The normalized spacial score (nSPS) is 21.0. The monoisotopic (exact) mass is 516 g/mol. The van der Waals surface area contributed by atoms with Gasteiger partial charge in [0, 0.05) is 40.7 Å². The first-order chi connectivity index (χ1) is 18.1. The SMILES string of the molecule is CC(C)(O)Cn1ncc2cc(-c3ccc(C(=O)N4[C@@H]5CC[C@H]4[C@@H](N)C5)cc3-c3cccc(F)c3)c(F)cc21. The summed E-state index contributed by atoms with van der Waals surface area (Å²) in [5, 5.41) is 15.3. The Morgan fingerprint density at radius 2 is 1.89 bits per heavy atom. The molecule has 2 aliphatic heterocycles. The number of fused-ring (bicyclic) bond motifs is 3. The van der Waals surface area contributed by atoms with Crippen LogP contribution in [-0.4, -0.2) is 49.4 Å². The molecule has 38 heavy (non-hydrogen) atoms.